The first-order valence-corrected chi connectivity index (χ1v) is 11.9. The van der Waals surface area contributed by atoms with Crippen molar-refractivity contribution in [3.63, 3.8) is 0 Å². The van der Waals surface area contributed by atoms with Crippen LogP contribution in [0.2, 0.25) is 0 Å². The van der Waals surface area contributed by atoms with Crippen molar-refractivity contribution < 1.29 is 35.9 Å². The molecule has 1 aromatic heterocycles. The summed E-state index contributed by atoms with van der Waals surface area (Å²) in [5.41, 5.74) is 0.796. The normalized spacial score (nSPS) is 11.8. The van der Waals surface area contributed by atoms with Crippen LogP contribution < -0.4 is 14.8 Å². The number of rotatable bonds is 6. The first kappa shape index (κ1) is 24.0. The number of sulfone groups is 1. The van der Waals surface area contributed by atoms with Gasteiger partial charge in [0.15, 0.2) is 9.84 Å². The van der Waals surface area contributed by atoms with Crippen molar-refractivity contribution in [2.24, 2.45) is 0 Å². The summed E-state index contributed by atoms with van der Waals surface area (Å²) in [5.74, 6) is -1.03. The molecule has 1 amide bonds. The van der Waals surface area contributed by atoms with Crippen molar-refractivity contribution in [2.75, 3.05) is 11.6 Å². The number of halogens is 3. The van der Waals surface area contributed by atoms with E-state index in [9.17, 15) is 26.4 Å². The fourth-order valence-corrected chi connectivity index (χ4v) is 3.83. The van der Waals surface area contributed by atoms with Crippen LogP contribution in [-0.2, 0) is 9.84 Å². The second-order valence-electron chi connectivity index (χ2n) is 7.41. The SMILES string of the molecule is CS(=O)(=O)c1cccc(NC(=O)c2cc3ccccc3nc2Oc2ccc(OC(F)(F)F)cc2)c1. The summed E-state index contributed by atoms with van der Waals surface area (Å²) in [6.07, 6.45) is -3.78. The van der Waals surface area contributed by atoms with Crippen LogP contribution in [0.25, 0.3) is 10.9 Å². The molecule has 0 aliphatic rings. The molecule has 35 heavy (non-hydrogen) atoms. The highest BCUT2D eigenvalue weighted by Gasteiger charge is 2.31. The highest BCUT2D eigenvalue weighted by molar-refractivity contribution is 7.90. The number of nitrogens with zero attached hydrogens (tertiary/aromatic N) is 1. The number of carbonyl (C=O) groups excluding carboxylic acids is 1. The van der Waals surface area contributed by atoms with Crippen molar-refractivity contribution in [2.45, 2.75) is 11.3 Å². The number of anilines is 1. The van der Waals surface area contributed by atoms with Gasteiger partial charge < -0.3 is 14.8 Å². The average molecular weight is 502 g/mol. The van der Waals surface area contributed by atoms with E-state index in [0.717, 1.165) is 18.4 Å². The Labute approximate surface area is 198 Å². The van der Waals surface area contributed by atoms with Crippen molar-refractivity contribution >= 4 is 32.3 Å². The van der Waals surface area contributed by atoms with Crippen molar-refractivity contribution in [3.05, 3.63) is 84.4 Å². The summed E-state index contributed by atoms with van der Waals surface area (Å²) in [6, 6.07) is 18.9. The van der Waals surface area contributed by atoms with Crippen LogP contribution in [0, 0.1) is 0 Å². The van der Waals surface area contributed by atoms with Crippen LogP contribution in [-0.4, -0.2) is 31.9 Å². The lowest BCUT2D eigenvalue weighted by atomic mass is 10.1. The van der Waals surface area contributed by atoms with Gasteiger partial charge in [0.05, 0.1) is 10.4 Å². The minimum atomic E-state index is -4.83. The fourth-order valence-electron chi connectivity index (χ4n) is 3.16. The fraction of sp³-hybridized carbons (Fsp3) is 0.0833. The Hall–Kier alpha value is -4.12. The van der Waals surface area contributed by atoms with Crippen LogP contribution >= 0.6 is 0 Å². The maximum atomic E-state index is 13.1. The molecular formula is C24H17F3N2O5S. The largest absolute Gasteiger partial charge is 0.573 e. The van der Waals surface area contributed by atoms with Crippen LogP contribution in [0.1, 0.15) is 10.4 Å². The molecule has 180 valence electrons. The van der Waals surface area contributed by atoms with E-state index in [2.05, 4.69) is 15.0 Å². The minimum absolute atomic E-state index is 0.0316. The van der Waals surface area contributed by atoms with Crippen LogP contribution in [0.4, 0.5) is 18.9 Å². The summed E-state index contributed by atoms with van der Waals surface area (Å²) in [7, 11) is -3.49. The first-order chi connectivity index (χ1) is 16.5. The van der Waals surface area contributed by atoms with Gasteiger partial charge in [-0.3, -0.25) is 4.79 Å². The number of alkyl halides is 3. The summed E-state index contributed by atoms with van der Waals surface area (Å²) in [5, 5.41) is 3.27. The second-order valence-corrected chi connectivity index (χ2v) is 9.42. The molecule has 0 fully saturated rings. The van der Waals surface area contributed by atoms with Gasteiger partial charge in [0.25, 0.3) is 5.91 Å². The highest BCUT2D eigenvalue weighted by atomic mass is 32.2. The Morgan fingerprint density at radius 2 is 1.60 bits per heavy atom. The number of hydrogen-bond acceptors (Lipinski definition) is 6. The van der Waals surface area contributed by atoms with Crippen molar-refractivity contribution in [3.8, 4) is 17.4 Å². The second kappa shape index (κ2) is 9.26. The van der Waals surface area contributed by atoms with Crippen molar-refractivity contribution in [1.82, 2.24) is 4.98 Å². The van der Waals surface area contributed by atoms with E-state index >= 15 is 0 Å². The third-order valence-corrected chi connectivity index (χ3v) is 5.84. The number of ether oxygens (including phenoxy) is 2. The zero-order valence-electron chi connectivity index (χ0n) is 18.0. The molecule has 1 N–H and O–H groups in total. The Morgan fingerprint density at radius 3 is 2.29 bits per heavy atom. The van der Waals surface area contributed by atoms with Crippen LogP contribution in [0.3, 0.4) is 0 Å². The Kier molecular flexibility index (Phi) is 6.35. The first-order valence-electron chi connectivity index (χ1n) is 10.0. The number of benzene rings is 3. The van der Waals surface area contributed by atoms with E-state index in [1.165, 1.54) is 36.4 Å². The lowest BCUT2D eigenvalue weighted by Gasteiger charge is -2.13. The predicted octanol–water partition coefficient (Wildman–Crippen LogP) is 5.58. The number of nitrogens with one attached hydrogen (secondary N) is 1. The Morgan fingerprint density at radius 1 is 0.914 bits per heavy atom. The van der Waals surface area contributed by atoms with Gasteiger partial charge in [0.2, 0.25) is 5.88 Å². The topological polar surface area (TPSA) is 94.6 Å². The van der Waals surface area contributed by atoms with E-state index in [-0.39, 0.29) is 27.8 Å². The molecule has 11 heteroatoms. The number of fused-ring (bicyclic) bond motifs is 1. The van der Waals surface area contributed by atoms with E-state index < -0.39 is 27.9 Å². The molecule has 0 bridgehead atoms. The molecule has 0 radical (unpaired) electrons. The zero-order valence-corrected chi connectivity index (χ0v) is 18.9. The minimum Gasteiger partial charge on any atom is -0.438 e. The molecule has 0 saturated heterocycles. The zero-order chi connectivity index (χ0) is 25.2. The number of carbonyl (C=O) groups is 1. The van der Waals surface area contributed by atoms with Gasteiger partial charge in [-0.2, -0.15) is 0 Å². The monoisotopic (exact) mass is 502 g/mol. The Bertz CT molecular complexity index is 1500. The van der Waals surface area contributed by atoms with Gasteiger partial charge >= 0.3 is 6.36 Å². The van der Waals surface area contributed by atoms with Gasteiger partial charge in [0.1, 0.15) is 17.1 Å². The smallest absolute Gasteiger partial charge is 0.438 e. The molecule has 4 aromatic rings. The van der Waals surface area contributed by atoms with E-state index in [1.54, 1.807) is 30.3 Å². The quantitative estimate of drug-likeness (QED) is 0.370. The predicted molar refractivity (Wildman–Crippen MR) is 122 cm³/mol. The molecule has 0 aliphatic carbocycles. The number of hydrogen-bond donors (Lipinski definition) is 1. The Balaban J connectivity index is 1.66. The summed E-state index contributed by atoms with van der Waals surface area (Å²) >= 11 is 0. The van der Waals surface area contributed by atoms with Crippen LogP contribution in [0.5, 0.6) is 17.4 Å². The third kappa shape index (κ3) is 6.07. The van der Waals surface area contributed by atoms with Gasteiger partial charge in [0, 0.05) is 17.3 Å². The van der Waals surface area contributed by atoms with E-state index in [1.807, 2.05) is 0 Å². The summed E-state index contributed by atoms with van der Waals surface area (Å²) in [6.45, 7) is 0. The van der Waals surface area contributed by atoms with Gasteiger partial charge in [-0.25, -0.2) is 13.4 Å². The standard InChI is InChI=1S/C24H17F3N2O5S/c1-35(31,32)19-7-4-6-16(14-19)28-22(30)20-13-15-5-2-3-8-21(15)29-23(20)33-17-9-11-18(12-10-17)34-24(25,26)27/h2-14H,1H3,(H,28,30). The molecular weight excluding hydrogens is 485 g/mol. The molecule has 0 unspecified atom stereocenters. The molecule has 0 aliphatic heterocycles. The molecule has 1 heterocycles. The molecule has 0 spiro atoms. The summed E-state index contributed by atoms with van der Waals surface area (Å²) < 4.78 is 70.5. The number of aromatic nitrogens is 1. The molecule has 4 rings (SSSR count). The van der Waals surface area contributed by atoms with E-state index in [4.69, 9.17) is 4.74 Å². The summed E-state index contributed by atoms with van der Waals surface area (Å²) in [4.78, 5) is 17.5. The molecule has 7 nitrogen and oxygen atoms in total. The third-order valence-electron chi connectivity index (χ3n) is 4.73. The molecule has 3 aromatic carbocycles. The maximum Gasteiger partial charge on any atom is 0.573 e. The lowest BCUT2D eigenvalue weighted by Crippen LogP contribution is -2.17. The average Bonchev–Trinajstić information content (AvgIpc) is 2.78. The molecule has 0 saturated carbocycles. The van der Waals surface area contributed by atoms with Gasteiger partial charge in [-0.15, -0.1) is 13.2 Å². The van der Waals surface area contributed by atoms with Gasteiger partial charge in [-0.1, -0.05) is 24.3 Å². The van der Waals surface area contributed by atoms with Crippen molar-refractivity contribution in [1.29, 1.82) is 0 Å². The van der Waals surface area contributed by atoms with Gasteiger partial charge in [-0.05, 0) is 54.6 Å². The number of para-hydroxylation sites is 1. The van der Waals surface area contributed by atoms with E-state index in [0.29, 0.717) is 10.9 Å². The maximum absolute atomic E-state index is 13.1. The number of amides is 1. The van der Waals surface area contributed by atoms with Crippen LogP contribution in [0.15, 0.2) is 83.8 Å². The highest BCUT2D eigenvalue weighted by Crippen LogP contribution is 2.30. The number of pyridine rings is 1. The lowest BCUT2D eigenvalue weighted by molar-refractivity contribution is -0.274. The molecule has 0 atom stereocenters.